The van der Waals surface area contributed by atoms with Crippen LogP contribution in [0.4, 0.5) is 11.4 Å². The van der Waals surface area contributed by atoms with E-state index in [-0.39, 0.29) is 0 Å². The summed E-state index contributed by atoms with van der Waals surface area (Å²) in [5.74, 6) is 0. The van der Waals surface area contributed by atoms with Crippen LogP contribution in [-0.2, 0) is 13.6 Å². The highest BCUT2D eigenvalue weighted by Crippen LogP contribution is 2.27. The minimum Gasteiger partial charge on any atom is -0.398 e. The number of nitrogens with zero attached hydrogens (tertiary/aromatic N) is 3. The predicted octanol–water partition coefficient (Wildman–Crippen LogP) is 2.16. The molecule has 0 fully saturated rings. The molecule has 2 heterocycles. The minimum absolute atomic E-state index is 0.713. The Bertz CT molecular complexity index is 717. The summed E-state index contributed by atoms with van der Waals surface area (Å²) in [7, 11) is 1.93. The number of nitrogens with two attached hydrogens (primary N) is 1. The Morgan fingerprint density at radius 1 is 1.16 bits per heavy atom. The van der Waals surface area contributed by atoms with Gasteiger partial charge >= 0.3 is 0 Å². The molecule has 0 bridgehead atoms. The fourth-order valence-corrected chi connectivity index (χ4v) is 2.13. The van der Waals surface area contributed by atoms with Gasteiger partial charge in [0.25, 0.3) is 0 Å². The van der Waals surface area contributed by atoms with Crippen LogP contribution in [0.15, 0.2) is 42.9 Å². The van der Waals surface area contributed by atoms with Gasteiger partial charge in [0.05, 0.1) is 12.2 Å². The number of aromatic nitrogens is 3. The fraction of sp³-hybridized carbons (Fsp3) is 0.143. The number of nitrogen functional groups attached to an aromatic ring is 1. The first-order valence-electron chi connectivity index (χ1n) is 6.08. The van der Waals surface area contributed by atoms with Crippen LogP contribution in [0.3, 0.4) is 0 Å². The van der Waals surface area contributed by atoms with Crippen molar-refractivity contribution >= 4 is 22.1 Å². The zero-order chi connectivity index (χ0) is 13.2. The van der Waals surface area contributed by atoms with E-state index in [0.717, 1.165) is 27.8 Å². The molecule has 3 aromatic rings. The maximum Gasteiger partial charge on any atom is 0.0571 e. The monoisotopic (exact) mass is 253 g/mol. The Labute approximate surface area is 111 Å². The van der Waals surface area contributed by atoms with E-state index in [2.05, 4.69) is 15.4 Å². The Morgan fingerprint density at radius 2 is 2.05 bits per heavy atom. The third-order valence-corrected chi connectivity index (χ3v) is 3.23. The van der Waals surface area contributed by atoms with Crippen molar-refractivity contribution < 1.29 is 0 Å². The van der Waals surface area contributed by atoms with Crippen molar-refractivity contribution in [3.05, 3.63) is 48.5 Å². The lowest BCUT2D eigenvalue weighted by atomic mass is 10.1. The van der Waals surface area contributed by atoms with Crippen molar-refractivity contribution in [2.24, 2.45) is 7.05 Å². The van der Waals surface area contributed by atoms with Crippen molar-refractivity contribution in [1.29, 1.82) is 0 Å². The highest BCUT2D eigenvalue weighted by atomic mass is 15.3. The van der Waals surface area contributed by atoms with Crippen LogP contribution in [0.2, 0.25) is 0 Å². The molecule has 0 saturated heterocycles. The molecule has 96 valence electrons. The zero-order valence-electron chi connectivity index (χ0n) is 10.7. The van der Waals surface area contributed by atoms with Crippen LogP contribution in [0.1, 0.15) is 5.69 Å². The molecular formula is C14H15N5. The van der Waals surface area contributed by atoms with E-state index in [1.807, 2.05) is 42.2 Å². The van der Waals surface area contributed by atoms with E-state index >= 15 is 0 Å². The lowest BCUT2D eigenvalue weighted by Crippen LogP contribution is -2.06. The van der Waals surface area contributed by atoms with Gasteiger partial charge in [0.1, 0.15) is 0 Å². The van der Waals surface area contributed by atoms with Gasteiger partial charge in [0.2, 0.25) is 0 Å². The number of hydrogen-bond donors (Lipinski definition) is 2. The molecule has 5 heteroatoms. The summed E-state index contributed by atoms with van der Waals surface area (Å²) in [6.07, 6.45) is 5.38. The summed E-state index contributed by atoms with van der Waals surface area (Å²) in [6.45, 7) is 0.713. The molecule has 5 nitrogen and oxygen atoms in total. The lowest BCUT2D eigenvalue weighted by Gasteiger charge is -2.11. The van der Waals surface area contributed by atoms with Gasteiger partial charge in [-0.05, 0) is 24.3 Å². The molecule has 0 aliphatic rings. The van der Waals surface area contributed by atoms with Crippen LogP contribution in [0.25, 0.3) is 10.8 Å². The van der Waals surface area contributed by atoms with Gasteiger partial charge in [0.15, 0.2) is 0 Å². The predicted molar refractivity (Wildman–Crippen MR) is 76.7 cm³/mol. The molecule has 0 aliphatic carbocycles. The first-order chi connectivity index (χ1) is 9.25. The van der Waals surface area contributed by atoms with Crippen molar-refractivity contribution in [2.75, 3.05) is 11.1 Å². The van der Waals surface area contributed by atoms with Gasteiger partial charge in [-0.3, -0.25) is 9.67 Å². The largest absolute Gasteiger partial charge is 0.398 e. The molecule has 0 amide bonds. The Morgan fingerprint density at radius 3 is 2.84 bits per heavy atom. The maximum atomic E-state index is 5.97. The summed E-state index contributed by atoms with van der Waals surface area (Å²) < 4.78 is 1.85. The summed E-state index contributed by atoms with van der Waals surface area (Å²) >= 11 is 0. The SMILES string of the molecule is Cn1nccc1CNc1ccc(N)c2ccncc12. The van der Waals surface area contributed by atoms with E-state index in [1.54, 1.807) is 12.4 Å². The van der Waals surface area contributed by atoms with E-state index in [0.29, 0.717) is 6.54 Å². The molecule has 0 atom stereocenters. The molecule has 3 N–H and O–H groups in total. The standard InChI is InChI=1S/C14H15N5/c1-19-10(4-7-18-19)8-17-14-3-2-13(15)11-5-6-16-9-12(11)14/h2-7,9,17H,8,15H2,1H3. The normalized spacial score (nSPS) is 10.8. The molecule has 3 rings (SSSR count). The van der Waals surface area contributed by atoms with Gasteiger partial charge in [-0.25, -0.2) is 0 Å². The number of pyridine rings is 1. The molecule has 0 radical (unpaired) electrons. The van der Waals surface area contributed by atoms with Crippen LogP contribution in [0.5, 0.6) is 0 Å². The maximum absolute atomic E-state index is 5.97. The van der Waals surface area contributed by atoms with Gasteiger partial charge < -0.3 is 11.1 Å². The van der Waals surface area contributed by atoms with Crippen molar-refractivity contribution in [3.8, 4) is 0 Å². The molecule has 0 unspecified atom stereocenters. The van der Waals surface area contributed by atoms with Crippen molar-refractivity contribution in [3.63, 3.8) is 0 Å². The van der Waals surface area contributed by atoms with Gasteiger partial charge in [-0.2, -0.15) is 5.10 Å². The average Bonchev–Trinajstić information content (AvgIpc) is 2.84. The summed E-state index contributed by atoms with van der Waals surface area (Å²) in [6, 6.07) is 7.81. The second-order valence-electron chi connectivity index (χ2n) is 4.42. The quantitative estimate of drug-likeness (QED) is 0.702. The third kappa shape index (κ3) is 2.10. The van der Waals surface area contributed by atoms with Crippen LogP contribution in [0, 0.1) is 0 Å². The second kappa shape index (κ2) is 4.61. The summed E-state index contributed by atoms with van der Waals surface area (Å²) in [4.78, 5) is 4.16. The third-order valence-electron chi connectivity index (χ3n) is 3.23. The van der Waals surface area contributed by atoms with E-state index in [9.17, 15) is 0 Å². The lowest BCUT2D eigenvalue weighted by molar-refractivity contribution is 0.721. The van der Waals surface area contributed by atoms with Crippen molar-refractivity contribution in [2.45, 2.75) is 6.54 Å². The molecular weight excluding hydrogens is 238 g/mol. The molecule has 19 heavy (non-hydrogen) atoms. The average molecular weight is 253 g/mol. The molecule has 0 aliphatic heterocycles. The molecule has 1 aromatic carbocycles. The topological polar surface area (TPSA) is 68.8 Å². The smallest absolute Gasteiger partial charge is 0.0571 e. The Balaban J connectivity index is 1.93. The number of fused-ring (bicyclic) bond motifs is 1. The zero-order valence-corrected chi connectivity index (χ0v) is 10.7. The number of nitrogens with one attached hydrogen (secondary N) is 1. The van der Waals surface area contributed by atoms with Crippen LogP contribution >= 0.6 is 0 Å². The van der Waals surface area contributed by atoms with E-state index < -0.39 is 0 Å². The van der Waals surface area contributed by atoms with E-state index in [1.165, 1.54) is 0 Å². The van der Waals surface area contributed by atoms with Gasteiger partial charge in [0, 0.05) is 47.8 Å². The molecule has 0 saturated carbocycles. The fourth-order valence-electron chi connectivity index (χ4n) is 2.13. The second-order valence-corrected chi connectivity index (χ2v) is 4.42. The first kappa shape index (κ1) is 11.5. The number of hydrogen-bond acceptors (Lipinski definition) is 4. The Hall–Kier alpha value is -2.56. The van der Waals surface area contributed by atoms with Crippen molar-refractivity contribution in [1.82, 2.24) is 14.8 Å². The van der Waals surface area contributed by atoms with Crippen LogP contribution < -0.4 is 11.1 Å². The highest BCUT2D eigenvalue weighted by molar-refractivity contribution is 6.00. The van der Waals surface area contributed by atoms with E-state index in [4.69, 9.17) is 5.73 Å². The molecule has 2 aromatic heterocycles. The Kier molecular flexibility index (Phi) is 2.79. The van der Waals surface area contributed by atoms with Gasteiger partial charge in [-0.15, -0.1) is 0 Å². The molecule has 0 spiro atoms. The highest BCUT2D eigenvalue weighted by Gasteiger charge is 2.05. The first-order valence-corrected chi connectivity index (χ1v) is 6.08. The minimum atomic E-state index is 0.713. The number of benzene rings is 1. The van der Waals surface area contributed by atoms with Gasteiger partial charge in [-0.1, -0.05) is 0 Å². The number of aryl methyl sites for hydroxylation is 1. The number of anilines is 2. The number of rotatable bonds is 3. The summed E-state index contributed by atoms with van der Waals surface area (Å²) in [5, 5.41) is 9.60. The summed E-state index contributed by atoms with van der Waals surface area (Å²) in [5.41, 5.74) is 8.88. The van der Waals surface area contributed by atoms with Crippen LogP contribution in [-0.4, -0.2) is 14.8 Å².